The first-order valence-electron chi connectivity index (χ1n) is 6.00. The number of hydrogen-bond acceptors (Lipinski definition) is 3. The van der Waals surface area contributed by atoms with Crippen LogP contribution in [0.15, 0.2) is 48.8 Å². The highest BCUT2D eigenvalue weighted by Crippen LogP contribution is 2.23. The third kappa shape index (κ3) is 2.14. The van der Waals surface area contributed by atoms with Crippen molar-refractivity contribution in [3.8, 4) is 11.3 Å². The van der Waals surface area contributed by atoms with Crippen molar-refractivity contribution in [1.29, 1.82) is 0 Å². The fourth-order valence-corrected chi connectivity index (χ4v) is 2.22. The minimum absolute atomic E-state index is 0.346. The van der Waals surface area contributed by atoms with E-state index in [1.165, 1.54) is 7.11 Å². The molecule has 4 nitrogen and oxygen atoms in total. The molecule has 2 heterocycles. The van der Waals surface area contributed by atoms with E-state index < -0.39 is 0 Å². The topological polar surface area (TPSA) is 43.6 Å². The van der Waals surface area contributed by atoms with Gasteiger partial charge in [0.05, 0.1) is 24.6 Å². The summed E-state index contributed by atoms with van der Waals surface area (Å²) in [6.07, 6.45) is 3.65. The smallest absolute Gasteiger partial charge is 0.337 e. The molecule has 0 saturated heterocycles. The molecule has 0 aliphatic heterocycles. The number of carbonyl (C=O) groups is 1. The number of hydrogen-bond donors (Lipinski definition) is 0. The van der Waals surface area contributed by atoms with Gasteiger partial charge in [-0.25, -0.2) is 9.78 Å². The molecule has 2 aromatic heterocycles. The van der Waals surface area contributed by atoms with Gasteiger partial charge in [-0.05, 0) is 18.2 Å². The van der Waals surface area contributed by atoms with E-state index in [1.54, 1.807) is 24.4 Å². The van der Waals surface area contributed by atoms with Crippen LogP contribution in [0.1, 0.15) is 10.4 Å². The number of halogens is 1. The van der Waals surface area contributed by atoms with Crippen molar-refractivity contribution in [3.05, 3.63) is 59.4 Å². The first kappa shape index (κ1) is 12.7. The third-order valence-corrected chi connectivity index (χ3v) is 3.31. The molecular formula is C15H11ClN2O2. The molecule has 0 unspecified atom stereocenters. The number of rotatable bonds is 2. The Morgan fingerprint density at radius 3 is 2.70 bits per heavy atom. The first-order valence-corrected chi connectivity index (χ1v) is 6.38. The monoisotopic (exact) mass is 286 g/mol. The zero-order valence-corrected chi connectivity index (χ0v) is 11.5. The maximum absolute atomic E-state index is 11.4. The maximum atomic E-state index is 11.4. The van der Waals surface area contributed by atoms with E-state index in [0.717, 1.165) is 16.9 Å². The van der Waals surface area contributed by atoms with Crippen LogP contribution in [0.5, 0.6) is 0 Å². The van der Waals surface area contributed by atoms with E-state index in [1.807, 2.05) is 28.8 Å². The molecule has 5 heteroatoms. The number of ether oxygens (including phenoxy) is 1. The van der Waals surface area contributed by atoms with E-state index in [-0.39, 0.29) is 5.97 Å². The molecule has 0 bridgehead atoms. The molecule has 0 radical (unpaired) electrons. The summed E-state index contributed by atoms with van der Waals surface area (Å²) in [6.45, 7) is 0. The van der Waals surface area contributed by atoms with Gasteiger partial charge in [-0.2, -0.15) is 0 Å². The van der Waals surface area contributed by atoms with Gasteiger partial charge in [0, 0.05) is 22.8 Å². The first-order chi connectivity index (χ1) is 9.69. The Morgan fingerprint density at radius 1 is 1.25 bits per heavy atom. The van der Waals surface area contributed by atoms with Crippen LogP contribution in [0.3, 0.4) is 0 Å². The number of pyridine rings is 1. The van der Waals surface area contributed by atoms with Crippen LogP contribution in [0.25, 0.3) is 16.9 Å². The average Bonchev–Trinajstić information content (AvgIpc) is 2.89. The Kier molecular flexibility index (Phi) is 3.16. The van der Waals surface area contributed by atoms with Gasteiger partial charge in [0.15, 0.2) is 0 Å². The summed E-state index contributed by atoms with van der Waals surface area (Å²) in [6, 6.07) is 10.8. The van der Waals surface area contributed by atoms with Gasteiger partial charge in [-0.1, -0.05) is 23.7 Å². The van der Waals surface area contributed by atoms with Crippen LogP contribution < -0.4 is 0 Å². The van der Waals surface area contributed by atoms with E-state index in [4.69, 9.17) is 11.6 Å². The molecular weight excluding hydrogens is 276 g/mol. The zero-order chi connectivity index (χ0) is 14.1. The third-order valence-electron chi connectivity index (χ3n) is 3.08. The van der Waals surface area contributed by atoms with Crippen molar-refractivity contribution in [3.63, 3.8) is 0 Å². The molecule has 0 spiro atoms. The minimum Gasteiger partial charge on any atom is -0.465 e. The number of fused-ring (bicyclic) bond motifs is 1. The molecule has 0 fully saturated rings. The van der Waals surface area contributed by atoms with Gasteiger partial charge in [0.1, 0.15) is 5.65 Å². The van der Waals surface area contributed by atoms with Gasteiger partial charge in [0.2, 0.25) is 0 Å². The Bertz CT molecular complexity index is 778. The minimum atomic E-state index is -0.346. The number of aromatic nitrogens is 2. The largest absolute Gasteiger partial charge is 0.465 e. The van der Waals surface area contributed by atoms with Crippen LogP contribution in [-0.4, -0.2) is 22.5 Å². The summed E-state index contributed by atoms with van der Waals surface area (Å²) < 4.78 is 6.62. The standard InChI is InChI=1S/C15H11ClN2O2/c1-20-15(19)11-4-2-10(3-5-11)13-9-17-14-8-12(16)6-7-18(13)14/h2-9H,1H3. The molecule has 0 aliphatic carbocycles. The van der Waals surface area contributed by atoms with Crippen molar-refractivity contribution in [2.75, 3.05) is 7.11 Å². The lowest BCUT2D eigenvalue weighted by Crippen LogP contribution is -2.00. The van der Waals surface area contributed by atoms with Gasteiger partial charge >= 0.3 is 5.97 Å². The summed E-state index contributed by atoms with van der Waals surface area (Å²) in [5.74, 6) is -0.346. The lowest BCUT2D eigenvalue weighted by Gasteiger charge is -2.04. The highest BCUT2D eigenvalue weighted by Gasteiger charge is 2.08. The Balaban J connectivity index is 2.05. The molecule has 3 aromatic rings. The molecule has 20 heavy (non-hydrogen) atoms. The molecule has 0 amide bonds. The SMILES string of the molecule is COC(=O)c1ccc(-c2cnc3cc(Cl)ccn23)cc1. The van der Waals surface area contributed by atoms with Crippen molar-refractivity contribution in [2.24, 2.45) is 0 Å². The summed E-state index contributed by atoms with van der Waals surface area (Å²) in [5, 5.41) is 0.649. The number of carbonyl (C=O) groups excluding carboxylic acids is 1. The molecule has 3 rings (SSSR count). The van der Waals surface area contributed by atoms with Crippen molar-refractivity contribution in [2.45, 2.75) is 0 Å². The van der Waals surface area contributed by atoms with Crippen molar-refractivity contribution < 1.29 is 9.53 Å². The zero-order valence-electron chi connectivity index (χ0n) is 10.7. The van der Waals surface area contributed by atoms with Gasteiger partial charge in [-0.15, -0.1) is 0 Å². The number of nitrogens with zero attached hydrogens (tertiary/aromatic N) is 2. The summed E-state index contributed by atoms with van der Waals surface area (Å²) in [7, 11) is 1.37. The fourth-order valence-electron chi connectivity index (χ4n) is 2.06. The number of methoxy groups -OCH3 is 1. The van der Waals surface area contributed by atoms with Gasteiger partial charge in [-0.3, -0.25) is 4.40 Å². The van der Waals surface area contributed by atoms with Crippen LogP contribution in [-0.2, 0) is 4.74 Å². The Labute approximate surface area is 120 Å². The van der Waals surface area contributed by atoms with Crippen LogP contribution in [0.2, 0.25) is 5.02 Å². The molecule has 0 atom stereocenters. The van der Waals surface area contributed by atoms with E-state index in [0.29, 0.717) is 10.6 Å². The van der Waals surface area contributed by atoms with Gasteiger partial charge < -0.3 is 4.74 Å². The summed E-state index contributed by atoms with van der Waals surface area (Å²) in [5.41, 5.74) is 3.21. The summed E-state index contributed by atoms with van der Waals surface area (Å²) >= 11 is 5.94. The average molecular weight is 287 g/mol. The predicted molar refractivity (Wildman–Crippen MR) is 77.0 cm³/mol. The van der Waals surface area contributed by atoms with Crippen molar-refractivity contribution in [1.82, 2.24) is 9.38 Å². The van der Waals surface area contributed by atoms with Crippen LogP contribution in [0, 0.1) is 0 Å². The highest BCUT2D eigenvalue weighted by atomic mass is 35.5. The predicted octanol–water partition coefficient (Wildman–Crippen LogP) is 3.44. The molecule has 100 valence electrons. The number of benzene rings is 1. The summed E-state index contributed by atoms with van der Waals surface area (Å²) in [4.78, 5) is 15.7. The second-order valence-electron chi connectivity index (χ2n) is 4.29. The lowest BCUT2D eigenvalue weighted by atomic mass is 10.1. The molecule has 0 N–H and O–H groups in total. The second kappa shape index (κ2) is 4.98. The van der Waals surface area contributed by atoms with E-state index >= 15 is 0 Å². The van der Waals surface area contributed by atoms with Crippen molar-refractivity contribution >= 4 is 23.2 Å². The molecule has 0 aliphatic rings. The number of esters is 1. The Morgan fingerprint density at radius 2 is 2.00 bits per heavy atom. The second-order valence-corrected chi connectivity index (χ2v) is 4.72. The number of imidazole rings is 1. The fraction of sp³-hybridized carbons (Fsp3) is 0.0667. The van der Waals surface area contributed by atoms with Crippen LogP contribution in [0.4, 0.5) is 0 Å². The van der Waals surface area contributed by atoms with E-state index in [9.17, 15) is 4.79 Å². The van der Waals surface area contributed by atoms with Gasteiger partial charge in [0.25, 0.3) is 0 Å². The van der Waals surface area contributed by atoms with Crippen LogP contribution >= 0.6 is 11.6 Å². The quantitative estimate of drug-likeness (QED) is 0.678. The maximum Gasteiger partial charge on any atom is 0.337 e. The molecule has 1 aromatic carbocycles. The normalized spacial score (nSPS) is 10.7. The Hall–Kier alpha value is -2.33. The molecule has 0 saturated carbocycles. The lowest BCUT2D eigenvalue weighted by molar-refractivity contribution is 0.0601. The highest BCUT2D eigenvalue weighted by molar-refractivity contribution is 6.30. The van der Waals surface area contributed by atoms with E-state index in [2.05, 4.69) is 9.72 Å².